The third-order valence-corrected chi connectivity index (χ3v) is 5.87. The second-order valence-electron chi connectivity index (χ2n) is 8.00. The van der Waals surface area contributed by atoms with Crippen LogP contribution in [0.3, 0.4) is 0 Å². The smallest absolute Gasteiger partial charge is 0.311 e. The van der Waals surface area contributed by atoms with Gasteiger partial charge in [-0.3, -0.25) is 23.9 Å². The zero-order valence-electron chi connectivity index (χ0n) is 18.8. The Morgan fingerprint density at radius 3 is 2.27 bits per heavy atom. The molecule has 1 aromatic heterocycles. The Labute approximate surface area is 190 Å². The largest absolute Gasteiger partial charge is 0.452 e. The van der Waals surface area contributed by atoms with Crippen LogP contribution >= 0.6 is 0 Å². The fraction of sp³-hybridized carbons (Fsp3) is 0.240. The monoisotopic (exact) mass is 445 g/mol. The van der Waals surface area contributed by atoms with Gasteiger partial charge in [0.25, 0.3) is 5.91 Å². The lowest BCUT2D eigenvalue weighted by molar-refractivity contribution is -0.152. The first kappa shape index (κ1) is 22.1. The van der Waals surface area contributed by atoms with Crippen LogP contribution in [-0.2, 0) is 27.8 Å². The topological polar surface area (TPSA) is 107 Å². The summed E-state index contributed by atoms with van der Waals surface area (Å²) in [5.41, 5.74) is 3.52. The van der Waals surface area contributed by atoms with Crippen LogP contribution in [0.25, 0.3) is 0 Å². The molecular weight excluding hydrogens is 422 g/mol. The molecule has 8 heteroatoms. The molecule has 2 aromatic carbocycles. The Morgan fingerprint density at radius 1 is 1.00 bits per heavy atom. The number of rotatable bonds is 5. The van der Waals surface area contributed by atoms with E-state index in [1.165, 1.54) is 6.92 Å². The fourth-order valence-electron chi connectivity index (χ4n) is 3.99. The van der Waals surface area contributed by atoms with Crippen LogP contribution in [0.5, 0.6) is 0 Å². The highest BCUT2D eigenvalue weighted by Crippen LogP contribution is 2.32. The highest BCUT2D eigenvalue weighted by Gasteiger charge is 2.32. The van der Waals surface area contributed by atoms with E-state index in [-0.39, 0.29) is 34.8 Å². The summed E-state index contributed by atoms with van der Waals surface area (Å²) in [6.07, 6.45) is -1.11. The Hall–Kier alpha value is -4.07. The van der Waals surface area contributed by atoms with Gasteiger partial charge in [-0.25, -0.2) is 0 Å². The van der Waals surface area contributed by atoms with E-state index in [1.54, 1.807) is 61.1 Å². The van der Waals surface area contributed by atoms with E-state index in [0.717, 1.165) is 17.0 Å². The van der Waals surface area contributed by atoms with Crippen molar-refractivity contribution in [3.05, 3.63) is 81.7 Å². The molecule has 0 saturated carbocycles. The molecule has 1 aliphatic rings. The fourth-order valence-corrected chi connectivity index (χ4v) is 3.99. The minimum atomic E-state index is -1.10. The first-order chi connectivity index (χ1) is 15.7. The number of ether oxygens (including phenoxy) is 1. The van der Waals surface area contributed by atoms with Gasteiger partial charge < -0.3 is 10.1 Å². The van der Waals surface area contributed by atoms with Crippen LogP contribution in [0, 0.1) is 13.8 Å². The number of ketones is 2. The number of fused-ring (bicyclic) bond motifs is 2. The van der Waals surface area contributed by atoms with Gasteiger partial charge in [0.15, 0.2) is 17.7 Å². The number of aryl methyl sites for hydroxylation is 2. The summed E-state index contributed by atoms with van der Waals surface area (Å²) in [5, 5.41) is 6.92. The molecule has 1 heterocycles. The number of carbonyl (C=O) groups excluding carboxylic acids is 4. The molecule has 0 radical (unpaired) electrons. The van der Waals surface area contributed by atoms with Gasteiger partial charge in [-0.2, -0.15) is 5.10 Å². The average Bonchev–Trinajstić information content (AvgIpc) is 3.03. The lowest BCUT2D eigenvalue weighted by Crippen LogP contribution is -2.32. The number of esters is 1. The first-order valence-corrected chi connectivity index (χ1v) is 10.5. The van der Waals surface area contributed by atoms with Crippen LogP contribution in [0.1, 0.15) is 55.7 Å². The Bertz CT molecular complexity index is 1320. The molecule has 3 aromatic rings. The van der Waals surface area contributed by atoms with Gasteiger partial charge in [-0.1, -0.05) is 36.4 Å². The SMILES string of the molecule is Cc1nn(C)c(C)c1CC(=O)OC(C)C(=O)Nc1cccc2c1C(=O)c1ccccc1C2=O. The third kappa shape index (κ3) is 3.95. The van der Waals surface area contributed by atoms with Crippen molar-refractivity contribution >= 4 is 29.1 Å². The van der Waals surface area contributed by atoms with Gasteiger partial charge in [0.2, 0.25) is 0 Å². The lowest BCUT2D eigenvalue weighted by atomic mass is 9.83. The number of aromatic nitrogens is 2. The molecule has 0 saturated heterocycles. The molecule has 33 heavy (non-hydrogen) atoms. The standard InChI is InChI=1S/C25H23N3O5/c1-13-19(14(2)28(4)27-13)12-21(29)33-15(3)25(32)26-20-11-7-10-18-22(20)24(31)17-9-6-5-8-16(17)23(18)30/h5-11,15H,12H2,1-4H3,(H,26,32). The molecule has 1 N–H and O–H groups in total. The molecule has 0 spiro atoms. The summed E-state index contributed by atoms with van der Waals surface area (Å²) in [7, 11) is 1.79. The minimum Gasteiger partial charge on any atom is -0.452 e. The van der Waals surface area contributed by atoms with Gasteiger partial charge in [-0.15, -0.1) is 0 Å². The third-order valence-electron chi connectivity index (χ3n) is 5.87. The van der Waals surface area contributed by atoms with E-state index in [4.69, 9.17) is 4.74 Å². The van der Waals surface area contributed by atoms with Gasteiger partial charge in [0.05, 0.1) is 23.4 Å². The summed E-state index contributed by atoms with van der Waals surface area (Å²) >= 11 is 0. The highest BCUT2D eigenvalue weighted by atomic mass is 16.5. The van der Waals surface area contributed by atoms with Crippen LogP contribution in [0.2, 0.25) is 0 Å². The molecule has 0 fully saturated rings. The Kier molecular flexibility index (Phi) is 5.68. The molecular formula is C25H23N3O5. The van der Waals surface area contributed by atoms with E-state index >= 15 is 0 Å². The highest BCUT2D eigenvalue weighted by molar-refractivity contribution is 6.30. The molecule has 1 atom stereocenters. The van der Waals surface area contributed by atoms with Gasteiger partial charge in [0.1, 0.15) is 0 Å². The molecule has 1 amide bonds. The average molecular weight is 445 g/mol. The van der Waals surface area contributed by atoms with Crippen molar-refractivity contribution in [2.45, 2.75) is 33.3 Å². The van der Waals surface area contributed by atoms with Gasteiger partial charge in [0, 0.05) is 35.0 Å². The second kappa shape index (κ2) is 8.46. The van der Waals surface area contributed by atoms with Crippen LogP contribution in [0.4, 0.5) is 5.69 Å². The summed E-state index contributed by atoms with van der Waals surface area (Å²) in [6.45, 7) is 5.11. The maximum atomic E-state index is 13.1. The molecule has 1 unspecified atom stereocenters. The van der Waals surface area contributed by atoms with Crippen LogP contribution in [-0.4, -0.2) is 39.3 Å². The summed E-state index contributed by atoms with van der Waals surface area (Å²) in [4.78, 5) is 51.1. The lowest BCUT2D eigenvalue weighted by Gasteiger charge is -2.21. The summed E-state index contributed by atoms with van der Waals surface area (Å²) < 4.78 is 7.00. The van der Waals surface area contributed by atoms with Crippen molar-refractivity contribution < 1.29 is 23.9 Å². The molecule has 4 rings (SSSR count). The van der Waals surface area contributed by atoms with Crippen molar-refractivity contribution in [3.8, 4) is 0 Å². The van der Waals surface area contributed by atoms with E-state index in [1.807, 2.05) is 6.92 Å². The normalized spacial score (nSPS) is 13.2. The van der Waals surface area contributed by atoms with E-state index in [2.05, 4.69) is 10.4 Å². The maximum absolute atomic E-state index is 13.1. The second-order valence-corrected chi connectivity index (χ2v) is 8.00. The van der Waals surface area contributed by atoms with E-state index in [0.29, 0.717) is 11.1 Å². The minimum absolute atomic E-state index is 0.00632. The van der Waals surface area contributed by atoms with Crippen LogP contribution in [0.15, 0.2) is 42.5 Å². The molecule has 1 aliphatic carbocycles. The van der Waals surface area contributed by atoms with Crippen molar-refractivity contribution in [1.29, 1.82) is 0 Å². The zero-order chi connectivity index (χ0) is 23.9. The first-order valence-electron chi connectivity index (χ1n) is 10.5. The quantitative estimate of drug-likeness (QED) is 0.474. The Balaban J connectivity index is 1.51. The number of hydrogen-bond acceptors (Lipinski definition) is 6. The number of nitrogens with one attached hydrogen (secondary N) is 1. The number of amides is 1. The number of benzene rings is 2. The number of hydrogen-bond donors (Lipinski definition) is 1. The Morgan fingerprint density at radius 2 is 1.64 bits per heavy atom. The molecule has 0 bridgehead atoms. The molecule has 0 aliphatic heterocycles. The number of anilines is 1. The van der Waals surface area contributed by atoms with Gasteiger partial charge >= 0.3 is 5.97 Å². The molecule has 168 valence electrons. The van der Waals surface area contributed by atoms with Crippen molar-refractivity contribution in [3.63, 3.8) is 0 Å². The predicted molar refractivity (Wildman–Crippen MR) is 120 cm³/mol. The van der Waals surface area contributed by atoms with Crippen molar-refractivity contribution in [2.75, 3.05) is 5.32 Å². The molecule has 8 nitrogen and oxygen atoms in total. The number of carbonyl (C=O) groups is 4. The number of nitrogens with zero attached hydrogens (tertiary/aromatic N) is 2. The summed E-state index contributed by atoms with van der Waals surface area (Å²) in [5.74, 6) is -1.79. The van der Waals surface area contributed by atoms with Gasteiger partial charge in [-0.05, 0) is 26.8 Å². The van der Waals surface area contributed by atoms with Crippen LogP contribution < -0.4 is 5.32 Å². The van der Waals surface area contributed by atoms with E-state index < -0.39 is 18.0 Å². The van der Waals surface area contributed by atoms with Crippen molar-refractivity contribution in [2.24, 2.45) is 7.05 Å². The predicted octanol–water partition coefficient (Wildman–Crippen LogP) is 2.93. The van der Waals surface area contributed by atoms with E-state index in [9.17, 15) is 19.2 Å². The zero-order valence-corrected chi connectivity index (χ0v) is 18.8. The van der Waals surface area contributed by atoms with Crippen molar-refractivity contribution in [1.82, 2.24) is 9.78 Å². The summed E-state index contributed by atoms with van der Waals surface area (Å²) in [6, 6.07) is 11.3. The maximum Gasteiger partial charge on any atom is 0.311 e.